The number of hydrogen-bond donors (Lipinski definition) is 2. The van der Waals surface area contributed by atoms with E-state index in [9.17, 15) is 18.0 Å². The van der Waals surface area contributed by atoms with E-state index in [-0.39, 0.29) is 4.90 Å². The summed E-state index contributed by atoms with van der Waals surface area (Å²) in [6, 6.07) is 4.95. The molecule has 0 heterocycles. The molecular formula is C12H16N2O4S. The molecule has 104 valence electrons. The molecule has 0 atom stereocenters. The SMILES string of the molecule is Cc1ccc(S(=O)(=O)NC(=O)NC(=O)C(C)C)cc1. The van der Waals surface area contributed by atoms with Crippen molar-refractivity contribution in [3.63, 3.8) is 0 Å². The predicted octanol–water partition coefficient (Wildman–Crippen LogP) is 1.17. The van der Waals surface area contributed by atoms with Crippen LogP contribution in [-0.4, -0.2) is 20.4 Å². The zero-order valence-corrected chi connectivity index (χ0v) is 11.7. The van der Waals surface area contributed by atoms with Gasteiger partial charge in [-0.3, -0.25) is 10.1 Å². The van der Waals surface area contributed by atoms with Crippen LogP contribution in [0.1, 0.15) is 19.4 Å². The zero-order valence-electron chi connectivity index (χ0n) is 10.9. The lowest BCUT2D eigenvalue weighted by Crippen LogP contribution is -2.43. The second kappa shape index (κ2) is 5.83. The molecule has 0 saturated heterocycles. The van der Waals surface area contributed by atoms with Crippen molar-refractivity contribution < 1.29 is 18.0 Å². The van der Waals surface area contributed by atoms with Gasteiger partial charge in [0, 0.05) is 5.92 Å². The van der Waals surface area contributed by atoms with Gasteiger partial charge < -0.3 is 0 Å². The van der Waals surface area contributed by atoms with Crippen LogP contribution in [0.15, 0.2) is 29.2 Å². The van der Waals surface area contributed by atoms with Gasteiger partial charge >= 0.3 is 6.03 Å². The third-order valence-corrected chi connectivity index (χ3v) is 3.67. The molecule has 1 aromatic rings. The lowest BCUT2D eigenvalue weighted by atomic mass is 10.2. The molecular weight excluding hydrogens is 268 g/mol. The Morgan fingerprint density at radius 2 is 1.63 bits per heavy atom. The van der Waals surface area contributed by atoms with E-state index in [2.05, 4.69) is 0 Å². The Kier molecular flexibility index (Phi) is 4.66. The highest BCUT2D eigenvalue weighted by atomic mass is 32.2. The lowest BCUT2D eigenvalue weighted by Gasteiger charge is -2.09. The topological polar surface area (TPSA) is 92.3 Å². The third kappa shape index (κ3) is 4.36. The summed E-state index contributed by atoms with van der Waals surface area (Å²) in [6.45, 7) is 5.01. The first-order chi connectivity index (χ1) is 8.72. The number of amides is 3. The van der Waals surface area contributed by atoms with Gasteiger partial charge in [0.25, 0.3) is 10.0 Å². The number of imide groups is 1. The maximum atomic E-state index is 11.8. The highest BCUT2D eigenvalue weighted by molar-refractivity contribution is 7.90. The highest BCUT2D eigenvalue weighted by Gasteiger charge is 2.19. The molecule has 0 radical (unpaired) electrons. The van der Waals surface area contributed by atoms with Gasteiger partial charge in [-0.15, -0.1) is 0 Å². The minimum Gasteiger partial charge on any atom is -0.277 e. The quantitative estimate of drug-likeness (QED) is 0.871. The molecule has 0 aliphatic heterocycles. The molecule has 2 N–H and O–H groups in total. The van der Waals surface area contributed by atoms with E-state index < -0.39 is 27.9 Å². The molecule has 1 rings (SSSR count). The Hall–Kier alpha value is -1.89. The van der Waals surface area contributed by atoms with E-state index in [1.165, 1.54) is 12.1 Å². The predicted molar refractivity (Wildman–Crippen MR) is 69.9 cm³/mol. The van der Waals surface area contributed by atoms with Crippen LogP contribution in [-0.2, 0) is 14.8 Å². The Morgan fingerprint density at radius 3 is 2.11 bits per heavy atom. The van der Waals surface area contributed by atoms with Crippen molar-refractivity contribution in [2.75, 3.05) is 0 Å². The van der Waals surface area contributed by atoms with Crippen molar-refractivity contribution in [2.24, 2.45) is 5.92 Å². The molecule has 1 aromatic carbocycles. The molecule has 0 spiro atoms. The normalized spacial score (nSPS) is 11.2. The molecule has 0 fully saturated rings. The monoisotopic (exact) mass is 284 g/mol. The lowest BCUT2D eigenvalue weighted by molar-refractivity contribution is -0.122. The van der Waals surface area contributed by atoms with Gasteiger partial charge in [0.2, 0.25) is 5.91 Å². The van der Waals surface area contributed by atoms with E-state index in [1.807, 2.05) is 12.2 Å². The summed E-state index contributed by atoms with van der Waals surface area (Å²) in [7, 11) is -3.96. The van der Waals surface area contributed by atoms with Gasteiger partial charge in [-0.2, -0.15) is 0 Å². The Morgan fingerprint density at radius 1 is 1.11 bits per heavy atom. The summed E-state index contributed by atoms with van der Waals surface area (Å²) in [5, 5.41) is 1.95. The van der Waals surface area contributed by atoms with E-state index in [0.29, 0.717) is 0 Å². The second-order valence-electron chi connectivity index (χ2n) is 4.39. The zero-order chi connectivity index (χ0) is 14.6. The van der Waals surface area contributed by atoms with Crippen LogP contribution in [0.4, 0.5) is 4.79 Å². The number of carbonyl (C=O) groups is 2. The van der Waals surface area contributed by atoms with Crippen LogP contribution in [0.5, 0.6) is 0 Å². The van der Waals surface area contributed by atoms with Crippen LogP contribution in [0.2, 0.25) is 0 Å². The summed E-state index contributed by atoms with van der Waals surface area (Å²) < 4.78 is 25.4. The maximum Gasteiger partial charge on any atom is 0.335 e. The third-order valence-electron chi connectivity index (χ3n) is 2.32. The van der Waals surface area contributed by atoms with Crippen molar-refractivity contribution in [3.8, 4) is 0 Å². The van der Waals surface area contributed by atoms with Gasteiger partial charge in [0.05, 0.1) is 4.90 Å². The number of aryl methyl sites for hydroxylation is 1. The number of hydrogen-bond acceptors (Lipinski definition) is 4. The summed E-state index contributed by atoms with van der Waals surface area (Å²) in [5.74, 6) is -0.954. The van der Waals surface area contributed by atoms with Crippen molar-refractivity contribution in [1.82, 2.24) is 10.0 Å². The van der Waals surface area contributed by atoms with Gasteiger partial charge in [-0.1, -0.05) is 31.5 Å². The van der Waals surface area contributed by atoms with Crippen LogP contribution in [0.3, 0.4) is 0 Å². The first-order valence-electron chi connectivity index (χ1n) is 5.66. The summed E-state index contributed by atoms with van der Waals surface area (Å²) >= 11 is 0. The minimum absolute atomic E-state index is 0.0368. The Bertz CT molecular complexity index is 576. The summed E-state index contributed by atoms with van der Waals surface area (Å²) in [6.07, 6.45) is 0. The van der Waals surface area contributed by atoms with Crippen molar-refractivity contribution in [1.29, 1.82) is 0 Å². The standard InChI is InChI=1S/C12H16N2O4S/c1-8(2)11(15)13-12(16)14-19(17,18)10-6-4-9(3)5-7-10/h4-8H,1-3H3,(H2,13,14,15,16). The van der Waals surface area contributed by atoms with Crippen LogP contribution in [0, 0.1) is 12.8 Å². The molecule has 0 unspecified atom stereocenters. The van der Waals surface area contributed by atoms with Crippen molar-refractivity contribution in [2.45, 2.75) is 25.7 Å². The average molecular weight is 284 g/mol. The van der Waals surface area contributed by atoms with E-state index in [0.717, 1.165) is 5.56 Å². The maximum absolute atomic E-state index is 11.8. The van der Waals surface area contributed by atoms with Gasteiger partial charge in [0.15, 0.2) is 0 Å². The van der Waals surface area contributed by atoms with E-state index in [1.54, 1.807) is 30.7 Å². The molecule has 6 nitrogen and oxygen atoms in total. The number of nitrogens with one attached hydrogen (secondary N) is 2. The number of rotatable bonds is 3. The number of carbonyl (C=O) groups excluding carboxylic acids is 2. The molecule has 7 heteroatoms. The summed E-state index contributed by atoms with van der Waals surface area (Å²) in [5.41, 5.74) is 0.901. The molecule has 3 amide bonds. The van der Waals surface area contributed by atoms with E-state index >= 15 is 0 Å². The second-order valence-corrected chi connectivity index (χ2v) is 6.07. The van der Waals surface area contributed by atoms with Crippen molar-refractivity contribution in [3.05, 3.63) is 29.8 Å². The largest absolute Gasteiger partial charge is 0.335 e. The van der Waals surface area contributed by atoms with E-state index in [4.69, 9.17) is 0 Å². The van der Waals surface area contributed by atoms with Crippen molar-refractivity contribution >= 4 is 22.0 Å². The van der Waals surface area contributed by atoms with Crippen LogP contribution in [0.25, 0.3) is 0 Å². The molecule has 0 saturated carbocycles. The number of sulfonamides is 1. The van der Waals surface area contributed by atoms with Gasteiger partial charge in [-0.25, -0.2) is 17.9 Å². The van der Waals surface area contributed by atoms with Gasteiger partial charge in [-0.05, 0) is 19.1 Å². The van der Waals surface area contributed by atoms with Crippen LogP contribution >= 0.6 is 0 Å². The molecule has 0 bridgehead atoms. The highest BCUT2D eigenvalue weighted by Crippen LogP contribution is 2.09. The minimum atomic E-state index is -3.96. The fourth-order valence-corrected chi connectivity index (χ4v) is 2.09. The molecule has 0 aromatic heterocycles. The number of urea groups is 1. The first kappa shape index (κ1) is 15.2. The van der Waals surface area contributed by atoms with Crippen LogP contribution < -0.4 is 10.0 Å². The first-order valence-corrected chi connectivity index (χ1v) is 7.15. The fourth-order valence-electron chi connectivity index (χ4n) is 1.18. The average Bonchev–Trinajstić information content (AvgIpc) is 2.28. The summed E-state index contributed by atoms with van der Waals surface area (Å²) in [4.78, 5) is 22.6. The Balaban J connectivity index is 2.78. The molecule has 0 aliphatic carbocycles. The smallest absolute Gasteiger partial charge is 0.277 e. The fraction of sp³-hybridized carbons (Fsp3) is 0.333. The number of benzene rings is 1. The molecule has 0 aliphatic rings. The Labute approximate surface area is 112 Å². The van der Waals surface area contributed by atoms with Gasteiger partial charge in [0.1, 0.15) is 0 Å². The molecule has 19 heavy (non-hydrogen) atoms.